The Morgan fingerprint density at radius 3 is 0.953 bits per heavy atom. The fraction of sp³-hybridized carbons (Fsp3) is 0.414. The number of aliphatic carboxylic acids is 1. The van der Waals surface area contributed by atoms with Crippen LogP contribution in [0.15, 0.2) is 63.3 Å². The monoisotopic (exact) mass is 608 g/mol. The zero-order valence-electron chi connectivity index (χ0n) is 23.7. The van der Waals surface area contributed by atoms with E-state index in [0.717, 1.165) is 30.4 Å². The predicted octanol–water partition coefficient (Wildman–Crippen LogP) is 1.79. The zero-order chi connectivity index (χ0) is 32.9. The summed E-state index contributed by atoms with van der Waals surface area (Å²) in [6.45, 7) is 13.5. The first-order valence-corrected chi connectivity index (χ1v) is 12.6. The number of hydrogen-bond acceptors (Lipinski definition) is 13. The Bertz CT molecular complexity index is 1000. The largest absolute Gasteiger partial charge is 0.481 e. The SMILES string of the molecule is C=CC(=O)OCC(CCC(COC(=O)C=C)(COC(=O)C=C)COC(=O)CCC(=O)O)(COC(=O)C=C)COC(=O)C=C. The predicted molar refractivity (Wildman–Crippen MR) is 148 cm³/mol. The number of carbonyl (C=O) groups is 7. The molecule has 236 valence electrons. The third-order valence-corrected chi connectivity index (χ3v) is 5.70. The van der Waals surface area contributed by atoms with Crippen LogP contribution >= 0.6 is 0 Å². The fourth-order valence-corrected chi connectivity index (χ4v) is 3.14. The Balaban J connectivity index is 6.62. The molecular formula is C29H36O14. The van der Waals surface area contributed by atoms with Crippen LogP contribution < -0.4 is 0 Å². The molecule has 0 bridgehead atoms. The maximum atomic E-state index is 12.3. The van der Waals surface area contributed by atoms with E-state index in [1.807, 2.05) is 0 Å². The Kier molecular flexibility index (Phi) is 17.6. The quantitative estimate of drug-likeness (QED) is 0.100. The van der Waals surface area contributed by atoms with Gasteiger partial charge in [0, 0.05) is 30.4 Å². The number of rotatable bonds is 23. The third-order valence-electron chi connectivity index (χ3n) is 5.70. The lowest BCUT2D eigenvalue weighted by atomic mass is 9.76. The van der Waals surface area contributed by atoms with Crippen molar-refractivity contribution in [2.24, 2.45) is 10.8 Å². The van der Waals surface area contributed by atoms with Gasteiger partial charge >= 0.3 is 41.8 Å². The molecule has 0 heterocycles. The second-order valence-electron chi connectivity index (χ2n) is 9.11. The molecule has 0 unspecified atom stereocenters. The lowest BCUT2D eigenvalue weighted by molar-refractivity contribution is -0.166. The molecule has 0 aliphatic heterocycles. The van der Waals surface area contributed by atoms with E-state index < -0.39 is 105 Å². The van der Waals surface area contributed by atoms with Crippen LogP contribution in [-0.2, 0) is 62.0 Å². The Morgan fingerprint density at radius 1 is 0.465 bits per heavy atom. The van der Waals surface area contributed by atoms with Crippen molar-refractivity contribution >= 4 is 41.8 Å². The van der Waals surface area contributed by atoms with Gasteiger partial charge in [0.25, 0.3) is 0 Å². The van der Waals surface area contributed by atoms with Gasteiger partial charge in [-0.05, 0) is 12.8 Å². The third kappa shape index (κ3) is 16.1. The maximum Gasteiger partial charge on any atom is 0.330 e. The Labute approximate surface area is 248 Å². The summed E-state index contributed by atoms with van der Waals surface area (Å²) < 4.78 is 31.3. The second-order valence-corrected chi connectivity index (χ2v) is 9.11. The number of carboxylic acid groups (broad SMARTS) is 1. The Hall–Kier alpha value is -5.01. The van der Waals surface area contributed by atoms with E-state index in [1.165, 1.54) is 0 Å². The lowest BCUT2D eigenvalue weighted by Crippen LogP contribution is -2.44. The molecule has 0 aliphatic carbocycles. The molecule has 0 spiro atoms. The molecule has 43 heavy (non-hydrogen) atoms. The van der Waals surface area contributed by atoms with Gasteiger partial charge in [-0.2, -0.15) is 0 Å². The molecule has 0 saturated heterocycles. The molecule has 0 amide bonds. The van der Waals surface area contributed by atoms with E-state index in [2.05, 4.69) is 32.9 Å². The van der Waals surface area contributed by atoms with Crippen LogP contribution in [0.3, 0.4) is 0 Å². The molecule has 0 fully saturated rings. The summed E-state index contributed by atoms with van der Waals surface area (Å²) in [6, 6.07) is 0. The first-order chi connectivity index (χ1) is 20.3. The van der Waals surface area contributed by atoms with E-state index in [1.54, 1.807) is 0 Å². The topological polar surface area (TPSA) is 195 Å². The van der Waals surface area contributed by atoms with Gasteiger partial charge in [-0.15, -0.1) is 0 Å². The summed E-state index contributed by atoms with van der Waals surface area (Å²) in [6.07, 6.45) is 3.02. The summed E-state index contributed by atoms with van der Waals surface area (Å²) in [4.78, 5) is 82.9. The van der Waals surface area contributed by atoms with Crippen LogP contribution in [0.1, 0.15) is 25.7 Å². The number of esters is 6. The summed E-state index contributed by atoms with van der Waals surface area (Å²) in [5.74, 6) is -6.47. The molecule has 0 aromatic rings. The minimum absolute atomic E-state index is 0.157. The number of carboxylic acids is 1. The second kappa shape index (κ2) is 20.0. The molecule has 0 saturated carbocycles. The molecule has 0 aliphatic rings. The van der Waals surface area contributed by atoms with Crippen LogP contribution in [0.25, 0.3) is 0 Å². The number of carbonyl (C=O) groups excluding carboxylic acids is 6. The molecule has 14 heteroatoms. The van der Waals surface area contributed by atoms with Crippen molar-refractivity contribution in [2.75, 3.05) is 39.6 Å². The number of hydrogen-bond donors (Lipinski definition) is 1. The highest BCUT2D eigenvalue weighted by Crippen LogP contribution is 2.35. The van der Waals surface area contributed by atoms with Crippen molar-refractivity contribution in [3.63, 3.8) is 0 Å². The van der Waals surface area contributed by atoms with Gasteiger partial charge in [0.2, 0.25) is 0 Å². The van der Waals surface area contributed by atoms with E-state index in [-0.39, 0.29) is 12.8 Å². The summed E-state index contributed by atoms with van der Waals surface area (Å²) in [7, 11) is 0. The minimum atomic E-state index is -1.51. The van der Waals surface area contributed by atoms with Gasteiger partial charge in [0.05, 0.1) is 23.7 Å². The summed E-state index contributed by atoms with van der Waals surface area (Å²) >= 11 is 0. The first kappa shape index (κ1) is 38.0. The number of ether oxygens (including phenoxy) is 6. The average molecular weight is 609 g/mol. The van der Waals surface area contributed by atoms with Crippen molar-refractivity contribution in [3.05, 3.63) is 63.3 Å². The van der Waals surface area contributed by atoms with Crippen LogP contribution in [0, 0.1) is 10.8 Å². The molecule has 0 atom stereocenters. The highest BCUT2D eigenvalue weighted by Gasteiger charge is 2.42. The Morgan fingerprint density at radius 2 is 0.721 bits per heavy atom. The molecule has 1 N–H and O–H groups in total. The summed E-state index contributed by atoms with van der Waals surface area (Å²) in [5, 5.41) is 8.86. The normalized spacial score (nSPS) is 10.6. The van der Waals surface area contributed by atoms with Gasteiger partial charge in [-0.3, -0.25) is 9.59 Å². The van der Waals surface area contributed by atoms with E-state index in [0.29, 0.717) is 0 Å². The van der Waals surface area contributed by atoms with E-state index in [4.69, 9.17) is 33.5 Å². The smallest absolute Gasteiger partial charge is 0.330 e. The van der Waals surface area contributed by atoms with Crippen LogP contribution in [0.5, 0.6) is 0 Å². The van der Waals surface area contributed by atoms with Crippen molar-refractivity contribution in [1.82, 2.24) is 0 Å². The van der Waals surface area contributed by atoms with Crippen LogP contribution in [0.2, 0.25) is 0 Å². The van der Waals surface area contributed by atoms with E-state index in [9.17, 15) is 33.6 Å². The zero-order valence-corrected chi connectivity index (χ0v) is 23.7. The molecule has 14 nitrogen and oxygen atoms in total. The van der Waals surface area contributed by atoms with Gasteiger partial charge in [-0.1, -0.05) is 32.9 Å². The van der Waals surface area contributed by atoms with Gasteiger partial charge in [-0.25, -0.2) is 24.0 Å². The fourth-order valence-electron chi connectivity index (χ4n) is 3.14. The van der Waals surface area contributed by atoms with Gasteiger partial charge in [0.15, 0.2) is 0 Å². The molecule has 0 aromatic heterocycles. The van der Waals surface area contributed by atoms with Crippen molar-refractivity contribution in [1.29, 1.82) is 0 Å². The minimum Gasteiger partial charge on any atom is -0.481 e. The lowest BCUT2D eigenvalue weighted by Gasteiger charge is -2.37. The average Bonchev–Trinajstić information content (AvgIpc) is 3.01. The standard InChI is InChI=1S/C29H36O14/c1-6-22(32)38-15-28(16-39-23(33)7-2,17-40-24(34)8-3)13-14-29(18-41-25(35)9-4,19-42-26(36)10-5)20-43-27(37)12-11-21(30)31/h6-10H,1-5,11-20H2,(H,30,31). The molecule has 0 aromatic carbocycles. The van der Waals surface area contributed by atoms with Gasteiger partial charge in [0.1, 0.15) is 39.6 Å². The van der Waals surface area contributed by atoms with Crippen LogP contribution in [-0.4, -0.2) is 86.5 Å². The maximum absolute atomic E-state index is 12.3. The summed E-state index contributed by atoms with van der Waals surface area (Å²) in [5.41, 5.74) is -2.96. The molecule has 0 radical (unpaired) electrons. The van der Waals surface area contributed by atoms with Gasteiger partial charge < -0.3 is 33.5 Å². The highest BCUT2D eigenvalue weighted by molar-refractivity contribution is 5.83. The highest BCUT2D eigenvalue weighted by atomic mass is 16.6. The van der Waals surface area contributed by atoms with Crippen molar-refractivity contribution in [3.8, 4) is 0 Å². The van der Waals surface area contributed by atoms with Crippen LogP contribution in [0.4, 0.5) is 0 Å². The van der Waals surface area contributed by atoms with E-state index >= 15 is 0 Å². The van der Waals surface area contributed by atoms with Crippen molar-refractivity contribution < 1.29 is 67.1 Å². The van der Waals surface area contributed by atoms with Crippen molar-refractivity contribution in [2.45, 2.75) is 25.7 Å². The molecule has 0 rings (SSSR count). The first-order valence-electron chi connectivity index (χ1n) is 12.6. The molecular weight excluding hydrogens is 572 g/mol.